The zero-order valence-corrected chi connectivity index (χ0v) is 12.4. The Bertz CT molecular complexity index is 557. The summed E-state index contributed by atoms with van der Waals surface area (Å²) >= 11 is 6.20. The summed E-state index contributed by atoms with van der Waals surface area (Å²) in [5.41, 5.74) is 1.02. The van der Waals surface area contributed by atoms with Gasteiger partial charge in [-0.2, -0.15) is 4.80 Å². The van der Waals surface area contributed by atoms with Crippen LogP contribution in [0, 0.1) is 0 Å². The van der Waals surface area contributed by atoms with Crippen LogP contribution >= 0.6 is 11.6 Å². The van der Waals surface area contributed by atoms with E-state index in [1.807, 2.05) is 18.2 Å². The summed E-state index contributed by atoms with van der Waals surface area (Å²) in [5, 5.41) is 15.6. The summed E-state index contributed by atoms with van der Waals surface area (Å²) < 4.78 is 5.75. The van der Waals surface area contributed by atoms with Crippen molar-refractivity contribution in [3.8, 4) is 5.75 Å². The number of tetrazole rings is 1. The Hall–Kier alpha value is -1.66. The summed E-state index contributed by atoms with van der Waals surface area (Å²) in [6.07, 6.45) is 1.08. The molecule has 0 aliphatic heterocycles. The highest BCUT2D eigenvalue weighted by atomic mass is 35.5. The second-order valence-electron chi connectivity index (χ2n) is 4.39. The number of hydrogen-bond acceptors (Lipinski definition) is 5. The Morgan fingerprint density at radius 2 is 2.25 bits per heavy atom. The van der Waals surface area contributed by atoms with Gasteiger partial charge in [0.25, 0.3) is 0 Å². The normalized spacial score (nSPS) is 10.8. The number of aryl methyl sites for hydroxylation is 1. The molecule has 1 aromatic heterocycles. The van der Waals surface area contributed by atoms with Crippen LogP contribution in [-0.2, 0) is 20.2 Å². The predicted molar refractivity (Wildman–Crippen MR) is 76.6 cm³/mol. The van der Waals surface area contributed by atoms with E-state index in [4.69, 9.17) is 16.3 Å². The maximum atomic E-state index is 6.20. The molecular weight excluding hydrogens is 278 g/mol. The number of aromatic nitrogens is 4. The SMILES string of the molecule is CCCNCc1cccc(Cl)c1OCc1nnn(C)n1. The van der Waals surface area contributed by atoms with Gasteiger partial charge in [0, 0.05) is 12.1 Å². The summed E-state index contributed by atoms with van der Waals surface area (Å²) in [6, 6.07) is 5.72. The van der Waals surface area contributed by atoms with Crippen LogP contribution in [0.5, 0.6) is 5.75 Å². The van der Waals surface area contributed by atoms with Gasteiger partial charge in [0.1, 0.15) is 5.75 Å². The molecule has 0 radical (unpaired) electrons. The van der Waals surface area contributed by atoms with Crippen LogP contribution < -0.4 is 10.1 Å². The van der Waals surface area contributed by atoms with Crippen molar-refractivity contribution in [3.63, 3.8) is 0 Å². The maximum Gasteiger partial charge on any atom is 0.212 e. The minimum atomic E-state index is 0.248. The second-order valence-corrected chi connectivity index (χ2v) is 4.80. The fourth-order valence-electron chi connectivity index (χ4n) is 1.77. The number of rotatable bonds is 7. The van der Waals surface area contributed by atoms with E-state index in [9.17, 15) is 0 Å². The van der Waals surface area contributed by atoms with Crippen molar-refractivity contribution in [2.45, 2.75) is 26.5 Å². The Morgan fingerprint density at radius 1 is 1.40 bits per heavy atom. The lowest BCUT2D eigenvalue weighted by Gasteiger charge is -2.12. The summed E-state index contributed by atoms with van der Waals surface area (Å²) in [5.74, 6) is 1.20. The van der Waals surface area contributed by atoms with Gasteiger partial charge in [0.05, 0.1) is 12.1 Å². The van der Waals surface area contributed by atoms with Crippen LogP contribution in [0.4, 0.5) is 0 Å². The van der Waals surface area contributed by atoms with Crippen molar-refractivity contribution in [3.05, 3.63) is 34.6 Å². The number of hydrogen-bond donors (Lipinski definition) is 1. The van der Waals surface area contributed by atoms with E-state index >= 15 is 0 Å². The fraction of sp³-hybridized carbons (Fsp3) is 0.462. The third-order valence-corrected chi connectivity index (χ3v) is 2.98. The van der Waals surface area contributed by atoms with Gasteiger partial charge in [-0.3, -0.25) is 0 Å². The van der Waals surface area contributed by atoms with E-state index in [1.54, 1.807) is 7.05 Å². The quantitative estimate of drug-likeness (QED) is 0.791. The number of nitrogens with one attached hydrogen (secondary N) is 1. The maximum absolute atomic E-state index is 6.20. The molecule has 1 heterocycles. The Labute approximate surface area is 123 Å². The predicted octanol–water partition coefficient (Wildman–Crippen LogP) is 1.94. The zero-order valence-electron chi connectivity index (χ0n) is 11.6. The average molecular weight is 296 g/mol. The van der Waals surface area contributed by atoms with Crippen molar-refractivity contribution < 1.29 is 4.74 Å². The summed E-state index contributed by atoms with van der Waals surface area (Å²) in [4.78, 5) is 1.40. The van der Waals surface area contributed by atoms with Gasteiger partial charge in [-0.05, 0) is 24.2 Å². The number of benzene rings is 1. The lowest BCUT2D eigenvalue weighted by molar-refractivity contribution is 0.291. The molecule has 0 saturated heterocycles. The van der Waals surface area contributed by atoms with Crippen LogP contribution in [0.1, 0.15) is 24.7 Å². The number of ether oxygens (including phenoxy) is 1. The molecular formula is C13H18ClN5O. The third-order valence-electron chi connectivity index (χ3n) is 2.69. The highest BCUT2D eigenvalue weighted by molar-refractivity contribution is 6.32. The molecule has 0 aliphatic carbocycles. The van der Waals surface area contributed by atoms with Crippen LogP contribution in [0.2, 0.25) is 5.02 Å². The number of nitrogens with zero attached hydrogens (tertiary/aromatic N) is 4. The molecule has 0 fully saturated rings. The number of para-hydroxylation sites is 1. The third kappa shape index (κ3) is 3.91. The van der Waals surface area contributed by atoms with Crippen LogP contribution in [0.15, 0.2) is 18.2 Å². The largest absolute Gasteiger partial charge is 0.484 e. The summed E-state index contributed by atoms with van der Waals surface area (Å²) in [6.45, 7) is 4.05. The molecule has 6 nitrogen and oxygen atoms in total. The first kappa shape index (κ1) is 14.7. The molecule has 2 rings (SSSR count). The molecule has 0 unspecified atom stereocenters. The topological polar surface area (TPSA) is 64.9 Å². The van der Waals surface area contributed by atoms with Gasteiger partial charge < -0.3 is 10.1 Å². The molecule has 0 bridgehead atoms. The molecule has 0 spiro atoms. The minimum absolute atomic E-state index is 0.248. The van der Waals surface area contributed by atoms with Crippen molar-refractivity contribution in [1.29, 1.82) is 0 Å². The highest BCUT2D eigenvalue weighted by Crippen LogP contribution is 2.29. The molecule has 108 valence electrons. The van der Waals surface area contributed by atoms with E-state index in [1.165, 1.54) is 4.80 Å². The second kappa shape index (κ2) is 7.21. The Morgan fingerprint density at radius 3 is 2.95 bits per heavy atom. The van der Waals surface area contributed by atoms with E-state index in [-0.39, 0.29) is 6.61 Å². The van der Waals surface area contributed by atoms with Crippen molar-refractivity contribution in [2.24, 2.45) is 7.05 Å². The van der Waals surface area contributed by atoms with Gasteiger partial charge in [-0.15, -0.1) is 10.2 Å². The van der Waals surface area contributed by atoms with Gasteiger partial charge in [-0.1, -0.05) is 30.7 Å². The van der Waals surface area contributed by atoms with E-state index in [2.05, 4.69) is 27.7 Å². The zero-order chi connectivity index (χ0) is 14.4. The van der Waals surface area contributed by atoms with E-state index < -0.39 is 0 Å². The molecule has 0 saturated carbocycles. The molecule has 2 aromatic rings. The van der Waals surface area contributed by atoms with Crippen molar-refractivity contribution >= 4 is 11.6 Å². The molecule has 0 aliphatic rings. The number of halogens is 1. The molecule has 1 N–H and O–H groups in total. The first-order valence-electron chi connectivity index (χ1n) is 6.54. The van der Waals surface area contributed by atoms with Crippen molar-refractivity contribution in [2.75, 3.05) is 6.54 Å². The standard InChI is InChI=1S/C13H18ClN5O/c1-3-7-15-8-10-5-4-6-11(14)13(10)20-9-12-16-18-19(2)17-12/h4-6,15H,3,7-9H2,1-2H3. The molecule has 0 amide bonds. The fourth-order valence-corrected chi connectivity index (χ4v) is 2.02. The average Bonchev–Trinajstić information content (AvgIpc) is 2.84. The van der Waals surface area contributed by atoms with Gasteiger partial charge in [-0.25, -0.2) is 0 Å². The van der Waals surface area contributed by atoms with Gasteiger partial charge in [0.15, 0.2) is 6.61 Å². The smallest absolute Gasteiger partial charge is 0.212 e. The first-order valence-corrected chi connectivity index (χ1v) is 6.92. The molecule has 20 heavy (non-hydrogen) atoms. The van der Waals surface area contributed by atoms with Gasteiger partial charge in [0.2, 0.25) is 5.82 Å². The molecule has 0 atom stereocenters. The molecule has 1 aromatic carbocycles. The van der Waals surface area contributed by atoms with Crippen LogP contribution in [0.3, 0.4) is 0 Å². The van der Waals surface area contributed by atoms with E-state index in [0.29, 0.717) is 16.6 Å². The minimum Gasteiger partial charge on any atom is -0.484 e. The van der Waals surface area contributed by atoms with Crippen molar-refractivity contribution in [1.82, 2.24) is 25.5 Å². The lowest BCUT2D eigenvalue weighted by Crippen LogP contribution is -2.15. The van der Waals surface area contributed by atoms with Gasteiger partial charge >= 0.3 is 0 Å². The molecule has 7 heteroatoms. The Kier molecular flexibility index (Phi) is 5.31. The van der Waals surface area contributed by atoms with E-state index in [0.717, 1.165) is 25.1 Å². The van der Waals surface area contributed by atoms with Crippen LogP contribution in [0.25, 0.3) is 0 Å². The lowest BCUT2D eigenvalue weighted by atomic mass is 10.2. The Balaban J connectivity index is 2.04. The van der Waals surface area contributed by atoms with Crippen LogP contribution in [-0.4, -0.2) is 26.8 Å². The highest BCUT2D eigenvalue weighted by Gasteiger charge is 2.10. The summed E-state index contributed by atoms with van der Waals surface area (Å²) in [7, 11) is 1.71. The first-order chi connectivity index (χ1) is 9.70. The monoisotopic (exact) mass is 295 g/mol.